The highest BCUT2D eigenvalue weighted by atomic mass is 32.2. The number of hydrogen-bond donors (Lipinski definition) is 2. The van der Waals surface area contributed by atoms with E-state index >= 15 is 0 Å². The predicted molar refractivity (Wildman–Crippen MR) is 71.6 cm³/mol. The maximum Gasteiger partial charge on any atom is 0.343 e. The molecule has 0 aliphatic carbocycles. The van der Waals surface area contributed by atoms with Gasteiger partial charge in [0.25, 0.3) is 0 Å². The summed E-state index contributed by atoms with van der Waals surface area (Å²) < 4.78 is 6.66. The zero-order chi connectivity index (χ0) is 14.0. The summed E-state index contributed by atoms with van der Waals surface area (Å²) in [7, 11) is 3.19. The van der Waals surface area contributed by atoms with Crippen molar-refractivity contribution < 1.29 is 9.84 Å². The van der Waals surface area contributed by atoms with Gasteiger partial charge in [0.1, 0.15) is 5.75 Å². The monoisotopic (exact) mass is 281 g/mol. The molecule has 0 fully saturated rings. The van der Waals surface area contributed by atoms with Crippen molar-refractivity contribution >= 4 is 11.8 Å². The number of H-pyrrole nitrogens is 1. The summed E-state index contributed by atoms with van der Waals surface area (Å²) in [5.74, 6) is 0.612. The normalized spacial score (nSPS) is 12.4. The first-order valence-electron chi connectivity index (χ1n) is 5.68. The van der Waals surface area contributed by atoms with Gasteiger partial charge in [0.15, 0.2) is 5.16 Å². The lowest BCUT2D eigenvalue weighted by molar-refractivity contribution is 0.191. The molecule has 0 bridgehead atoms. The van der Waals surface area contributed by atoms with Gasteiger partial charge in [-0.15, -0.1) is 5.10 Å². The Morgan fingerprint density at radius 2 is 2.26 bits per heavy atom. The highest BCUT2D eigenvalue weighted by Gasteiger charge is 2.17. The highest BCUT2D eigenvalue weighted by molar-refractivity contribution is 7.99. The van der Waals surface area contributed by atoms with Gasteiger partial charge in [-0.1, -0.05) is 6.07 Å². The minimum absolute atomic E-state index is 0.274. The first kappa shape index (κ1) is 13.7. The topological polar surface area (TPSA) is 80.1 Å². The lowest BCUT2D eigenvalue weighted by atomic mass is 10.1. The van der Waals surface area contributed by atoms with E-state index in [4.69, 9.17) is 4.74 Å². The van der Waals surface area contributed by atoms with E-state index in [9.17, 15) is 9.90 Å². The van der Waals surface area contributed by atoms with E-state index < -0.39 is 6.10 Å². The van der Waals surface area contributed by atoms with Crippen molar-refractivity contribution in [2.24, 2.45) is 7.05 Å². The fourth-order valence-corrected chi connectivity index (χ4v) is 2.76. The Kier molecular flexibility index (Phi) is 3.96. The van der Waals surface area contributed by atoms with Crippen molar-refractivity contribution in [1.29, 1.82) is 0 Å². The molecule has 0 aliphatic heterocycles. The first-order valence-corrected chi connectivity index (χ1v) is 6.50. The molecule has 1 aromatic heterocycles. The maximum atomic E-state index is 11.3. The van der Waals surface area contributed by atoms with Crippen LogP contribution in [0.2, 0.25) is 0 Å². The van der Waals surface area contributed by atoms with Crippen molar-refractivity contribution in [3.05, 3.63) is 34.2 Å². The van der Waals surface area contributed by atoms with Crippen LogP contribution in [0.3, 0.4) is 0 Å². The van der Waals surface area contributed by atoms with Crippen LogP contribution in [0.1, 0.15) is 18.6 Å². The van der Waals surface area contributed by atoms with Gasteiger partial charge >= 0.3 is 5.69 Å². The molecule has 2 rings (SSSR count). The van der Waals surface area contributed by atoms with Crippen LogP contribution in [0.4, 0.5) is 0 Å². The van der Waals surface area contributed by atoms with E-state index in [0.717, 1.165) is 4.90 Å². The number of aromatic amines is 1. The number of methoxy groups -OCH3 is 1. The van der Waals surface area contributed by atoms with Gasteiger partial charge in [-0.05, 0) is 30.8 Å². The van der Waals surface area contributed by atoms with Gasteiger partial charge < -0.3 is 9.84 Å². The summed E-state index contributed by atoms with van der Waals surface area (Å²) in [5, 5.41) is 16.7. The van der Waals surface area contributed by atoms with Crippen LogP contribution in [-0.2, 0) is 7.05 Å². The largest absolute Gasteiger partial charge is 0.496 e. The second-order valence-corrected chi connectivity index (χ2v) is 5.03. The van der Waals surface area contributed by atoms with Gasteiger partial charge in [-0.25, -0.2) is 9.89 Å². The Morgan fingerprint density at radius 1 is 1.53 bits per heavy atom. The molecule has 0 saturated carbocycles. The molecule has 6 nitrogen and oxygen atoms in total. The van der Waals surface area contributed by atoms with Crippen LogP contribution in [-0.4, -0.2) is 27.0 Å². The van der Waals surface area contributed by atoms with Crippen molar-refractivity contribution in [2.75, 3.05) is 7.11 Å². The van der Waals surface area contributed by atoms with Gasteiger partial charge in [-0.3, -0.25) is 4.57 Å². The third-order valence-corrected chi connectivity index (χ3v) is 3.83. The van der Waals surface area contributed by atoms with Crippen molar-refractivity contribution in [3.63, 3.8) is 0 Å². The SMILES string of the molecule is COc1cccc(Sc2n[nH]c(=O)n2C)c1[C@@H](C)O. The molecule has 102 valence electrons. The van der Waals surface area contributed by atoms with Crippen LogP contribution in [0, 0.1) is 0 Å². The zero-order valence-corrected chi connectivity index (χ0v) is 11.7. The number of ether oxygens (including phenoxy) is 1. The first-order chi connectivity index (χ1) is 9.04. The number of benzene rings is 1. The van der Waals surface area contributed by atoms with Crippen molar-refractivity contribution in [1.82, 2.24) is 14.8 Å². The van der Waals surface area contributed by atoms with E-state index in [2.05, 4.69) is 10.2 Å². The summed E-state index contributed by atoms with van der Waals surface area (Å²) in [4.78, 5) is 12.1. The summed E-state index contributed by atoms with van der Waals surface area (Å²) in [6, 6.07) is 5.47. The quantitative estimate of drug-likeness (QED) is 0.883. The van der Waals surface area contributed by atoms with Crippen LogP contribution < -0.4 is 10.4 Å². The van der Waals surface area contributed by atoms with Crippen LogP contribution in [0.5, 0.6) is 5.75 Å². The number of aliphatic hydroxyl groups excluding tert-OH is 1. The van der Waals surface area contributed by atoms with Gasteiger partial charge in [0, 0.05) is 17.5 Å². The van der Waals surface area contributed by atoms with Gasteiger partial charge in [-0.2, -0.15) is 0 Å². The fourth-order valence-electron chi connectivity index (χ4n) is 1.72. The molecular weight excluding hydrogens is 266 g/mol. The lowest BCUT2D eigenvalue weighted by Crippen LogP contribution is -2.12. The minimum Gasteiger partial charge on any atom is -0.496 e. The molecular formula is C12H15N3O3S. The summed E-state index contributed by atoms with van der Waals surface area (Å²) >= 11 is 1.30. The highest BCUT2D eigenvalue weighted by Crippen LogP contribution is 2.37. The molecule has 0 unspecified atom stereocenters. The number of rotatable bonds is 4. The van der Waals surface area contributed by atoms with Gasteiger partial charge in [0.05, 0.1) is 13.2 Å². The average molecular weight is 281 g/mol. The maximum absolute atomic E-state index is 11.3. The van der Waals surface area contributed by atoms with E-state index in [-0.39, 0.29) is 5.69 Å². The Morgan fingerprint density at radius 3 is 2.79 bits per heavy atom. The van der Waals surface area contributed by atoms with Crippen LogP contribution >= 0.6 is 11.8 Å². The smallest absolute Gasteiger partial charge is 0.343 e. The number of aromatic nitrogens is 3. The second-order valence-electron chi connectivity index (χ2n) is 4.02. The fraction of sp³-hybridized carbons (Fsp3) is 0.333. The molecule has 0 aliphatic rings. The van der Waals surface area contributed by atoms with Crippen LogP contribution in [0.15, 0.2) is 33.0 Å². The van der Waals surface area contributed by atoms with Gasteiger partial charge in [0.2, 0.25) is 0 Å². The molecule has 0 spiro atoms. The third kappa shape index (κ3) is 2.66. The molecule has 19 heavy (non-hydrogen) atoms. The molecule has 1 atom stereocenters. The lowest BCUT2D eigenvalue weighted by Gasteiger charge is -2.15. The predicted octanol–water partition coefficient (Wildman–Crippen LogP) is 1.32. The molecule has 0 amide bonds. The summed E-state index contributed by atoms with van der Waals surface area (Å²) in [5.41, 5.74) is 0.412. The molecule has 2 N–H and O–H groups in total. The molecule has 0 saturated heterocycles. The summed E-state index contributed by atoms with van der Waals surface area (Å²) in [6.45, 7) is 1.67. The Hall–Kier alpha value is -1.73. The van der Waals surface area contributed by atoms with E-state index in [1.54, 1.807) is 27.1 Å². The number of nitrogens with zero attached hydrogens (tertiary/aromatic N) is 2. The summed E-state index contributed by atoms with van der Waals surface area (Å²) in [6.07, 6.45) is -0.672. The minimum atomic E-state index is -0.672. The molecule has 1 heterocycles. The molecule has 2 aromatic rings. The molecule has 0 radical (unpaired) electrons. The second kappa shape index (κ2) is 5.50. The van der Waals surface area contributed by atoms with E-state index in [1.165, 1.54) is 16.3 Å². The standard InChI is InChI=1S/C12H15N3O3S/c1-7(16)10-8(18-3)5-4-6-9(10)19-12-14-13-11(17)15(12)2/h4-7,16H,1-3H3,(H,13,17)/t7-/m1/s1. The third-order valence-electron chi connectivity index (χ3n) is 2.70. The molecule has 1 aromatic carbocycles. The Balaban J connectivity index is 2.45. The zero-order valence-electron chi connectivity index (χ0n) is 10.9. The number of nitrogens with one attached hydrogen (secondary N) is 1. The number of aliphatic hydroxyl groups is 1. The Labute approximate surface area is 114 Å². The molecule has 7 heteroatoms. The van der Waals surface area contributed by atoms with E-state index in [0.29, 0.717) is 16.5 Å². The number of hydrogen-bond acceptors (Lipinski definition) is 5. The van der Waals surface area contributed by atoms with Crippen molar-refractivity contribution in [3.8, 4) is 5.75 Å². The van der Waals surface area contributed by atoms with E-state index in [1.807, 2.05) is 12.1 Å². The average Bonchev–Trinajstić information content (AvgIpc) is 2.70. The van der Waals surface area contributed by atoms with Crippen LogP contribution in [0.25, 0.3) is 0 Å². The van der Waals surface area contributed by atoms with Crippen molar-refractivity contribution in [2.45, 2.75) is 23.1 Å². The Bertz CT molecular complexity index is 633.